The Balaban J connectivity index is 0.000000713. The predicted molar refractivity (Wildman–Crippen MR) is 86.9 cm³/mol. The van der Waals surface area contributed by atoms with Gasteiger partial charge >= 0.3 is 0 Å². The molecule has 0 aromatic heterocycles. The predicted octanol–water partition coefficient (Wildman–Crippen LogP) is 6.39. The molecule has 0 heterocycles. The molecule has 0 saturated heterocycles. The Kier molecular flexibility index (Phi) is 8.60. The van der Waals surface area contributed by atoms with Crippen LogP contribution in [0.5, 0.6) is 5.75 Å². The van der Waals surface area contributed by atoms with E-state index in [2.05, 4.69) is 13.8 Å². The summed E-state index contributed by atoms with van der Waals surface area (Å²) in [6.45, 7) is 12.1. The van der Waals surface area contributed by atoms with Crippen LogP contribution in [0.4, 0.5) is 8.78 Å². The second-order valence-electron chi connectivity index (χ2n) is 4.88. The van der Waals surface area contributed by atoms with Crippen LogP contribution in [0.2, 0.25) is 0 Å². The van der Waals surface area contributed by atoms with Crippen LogP contribution in [0, 0.1) is 11.6 Å². The zero-order chi connectivity index (χ0) is 16.6. The van der Waals surface area contributed by atoms with Crippen LogP contribution in [-0.2, 0) is 0 Å². The fourth-order valence-corrected chi connectivity index (χ4v) is 1.85. The van der Waals surface area contributed by atoms with E-state index < -0.39 is 11.6 Å². The molecule has 0 spiro atoms. The topological polar surface area (TPSA) is 20.2 Å². The largest absolute Gasteiger partial charge is 0.508 e. The molecule has 0 radical (unpaired) electrons. The fraction of sp³-hybridized carbons (Fsp3) is 0.444. The van der Waals surface area contributed by atoms with Crippen molar-refractivity contribution in [3.8, 4) is 5.75 Å². The average Bonchev–Trinajstić information content (AvgIpc) is 2.43. The first-order valence-electron chi connectivity index (χ1n) is 7.52. The van der Waals surface area contributed by atoms with Gasteiger partial charge in [0.15, 0.2) is 11.6 Å². The summed E-state index contributed by atoms with van der Waals surface area (Å²) in [7, 11) is 0. The summed E-state index contributed by atoms with van der Waals surface area (Å²) in [6.07, 6.45) is 1.25. The van der Waals surface area contributed by atoms with Crippen LogP contribution in [0.3, 0.4) is 0 Å². The van der Waals surface area contributed by atoms with Crippen LogP contribution < -0.4 is 0 Å². The fourth-order valence-electron chi connectivity index (χ4n) is 1.85. The van der Waals surface area contributed by atoms with Gasteiger partial charge in [-0.15, -0.1) is 0 Å². The zero-order valence-corrected chi connectivity index (χ0v) is 13.8. The van der Waals surface area contributed by atoms with Gasteiger partial charge in [0.05, 0.1) is 0 Å². The summed E-state index contributed by atoms with van der Waals surface area (Å²) in [5, 5.41) is 10.7. The molecule has 1 N–H and O–H groups in total. The van der Waals surface area contributed by atoms with Gasteiger partial charge < -0.3 is 5.11 Å². The highest BCUT2D eigenvalue weighted by atomic mass is 19.2. The van der Waals surface area contributed by atoms with Gasteiger partial charge in [0.25, 0.3) is 0 Å². The van der Waals surface area contributed by atoms with Crippen LogP contribution in [-0.4, -0.2) is 5.11 Å². The molecular weight excluding hydrogens is 270 g/mol. The molecule has 1 nitrogen and oxygen atoms in total. The number of halogens is 2. The summed E-state index contributed by atoms with van der Waals surface area (Å²) in [6, 6.07) is 5.31. The highest BCUT2D eigenvalue weighted by Crippen LogP contribution is 2.31. The molecule has 0 aliphatic heterocycles. The van der Waals surface area contributed by atoms with E-state index in [1.54, 1.807) is 6.07 Å². The molecule has 0 fully saturated rings. The molecule has 2 rings (SSSR count). The minimum atomic E-state index is -0.896. The first-order valence-corrected chi connectivity index (χ1v) is 7.52. The molecule has 3 heteroatoms. The van der Waals surface area contributed by atoms with Crippen molar-refractivity contribution in [1.82, 2.24) is 0 Å². The third kappa shape index (κ3) is 5.33. The SMILES string of the molecule is CC.CC(C)c1cc(O)cc2cc(F)c(F)cc12.CCC. The van der Waals surface area contributed by atoms with Crippen molar-refractivity contribution in [2.75, 3.05) is 0 Å². The quantitative estimate of drug-likeness (QED) is 0.646. The lowest BCUT2D eigenvalue weighted by Gasteiger charge is -2.11. The molecule has 2 aromatic rings. The molecular formula is C18H26F2O. The molecule has 0 aliphatic carbocycles. The highest BCUT2D eigenvalue weighted by Gasteiger charge is 2.11. The summed E-state index contributed by atoms with van der Waals surface area (Å²) in [4.78, 5) is 0. The van der Waals surface area contributed by atoms with Crippen LogP contribution in [0.15, 0.2) is 24.3 Å². The number of benzene rings is 2. The Bertz CT molecular complexity index is 563. The van der Waals surface area contributed by atoms with Crippen molar-refractivity contribution in [3.63, 3.8) is 0 Å². The molecule has 0 unspecified atom stereocenters. The summed E-state index contributed by atoms with van der Waals surface area (Å²) in [5.41, 5.74) is 0.814. The van der Waals surface area contributed by atoms with Gasteiger partial charge in [-0.1, -0.05) is 48.0 Å². The van der Waals surface area contributed by atoms with Crippen molar-refractivity contribution in [2.45, 2.75) is 53.9 Å². The maximum absolute atomic E-state index is 13.2. The van der Waals surface area contributed by atoms with Crippen LogP contribution in [0.1, 0.15) is 59.4 Å². The Morgan fingerprint density at radius 1 is 0.952 bits per heavy atom. The first-order chi connectivity index (χ1) is 9.90. The molecule has 0 saturated carbocycles. The minimum Gasteiger partial charge on any atom is -0.508 e. The Labute approximate surface area is 126 Å². The summed E-state index contributed by atoms with van der Waals surface area (Å²) >= 11 is 0. The van der Waals surface area contributed by atoms with E-state index >= 15 is 0 Å². The van der Waals surface area contributed by atoms with E-state index in [-0.39, 0.29) is 11.7 Å². The number of phenols is 1. The lowest BCUT2D eigenvalue weighted by Crippen LogP contribution is -1.92. The Hall–Kier alpha value is -1.64. The van der Waals surface area contributed by atoms with Crippen molar-refractivity contribution in [2.24, 2.45) is 0 Å². The van der Waals surface area contributed by atoms with Gasteiger partial charge in [0, 0.05) is 0 Å². The number of rotatable bonds is 1. The van der Waals surface area contributed by atoms with E-state index in [1.165, 1.54) is 18.6 Å². The van der Waals surface area contributed by atoms with E-state index in [0.29, 0.717) is 10.8 Å². The van der Waals surface area contributed by atoms with Crippen molar-refractivity contribution in [1.29, 1.82) is 0 Å². The summed E-state index contributed by atoms with van der Waals surface area (Å²) in [5.74, 6) is -1.55. The highest BCUT2D eigenvalue weighted by molar-refractivity contribution is 5.87. The van der Waals surface area contributed by atoms with E-state index in [4.69, 9.17) is 0 Å². The normalized spacial score (nSPS) is 9.76. The lowest BCUT2D eigenvalue weighted by atomic mass is 9.95. The second-order valence-corrected chi connectivity index (χ2v) is 4.88. The van der Waals surface area contributed by atoms with Gasteiger partial charge in [-0.2, -0.15) is 0 Å². The summed E-state index contributed by atoms with van der Waals surface area (Å²) < 4.78 is 26.2. The monoisotopic (exact) mass is 296 g/mol. The van der Waals surface area contributed by atoms with Crippen molar-refractivity contribution in [3.05, 3.63) is 41.5 Å². The molecule has 21 heavy (non-hydrogen) atoms. The third-order valence-electron chi connectivity index (χ3n) is 2.63. The second kappa shape index (κ2) is 9.32. The smallest absolute Gasteiger partial charge is 0.159 e. The average molecular weight is 296 g/mol. The van der Waals surface area contributed by atoms with E-state index in [0.717, 1.165) is 11.6 Å². The van der Waals surface area contributed by atoms with Crippen molar-refractivity contribution < 1.29 is 13.9 Å². The number of fused-ring (bicyclic) bond motifs is 1. The molecule has 0 bridgehead atoms. The minimum absolute atomic E-state index is 0.0715. The maximum Gasteiger partial charge on any atom is 0.159 e. The molecule has 0 atom stereocenters. The molecule has 0 aliphatic rings. The van der Waals surface area contributed by atoms with Crippen LogP contribution in [0.25, 0.3) is 10.8 Å². The van der Waals surface area contributed by atoms with Gasteiger partial charge in [0.1, 0.15) is 5.75 Å². The molecule has 2 aromatic carbocycles. The number of hydrogen-bond donors (Lipinski definition) is 1. The number of phenolic OH excluding ortho intramolecular Hbond substituents is 1. The lowest BCUT2D eigenvalue weighted by molar-refractivity contribution is 0.475. The maximum atomic E-state index is 13.2. The Morgan fingerprint density at radius 2 is 1.43 bits per heavy atom. The van der Waals surface area contributed by atoms with Gasteiger partial charge in [-0.05, 0) is 46.5 Å². The zero-order valence-electron chi connectivity index (χ0n) is 13.8. The van der Waals surface area contributed by atoms with E-state index in [9.17, 15) is 13.9 Å². The van der Waals surface area contributed by atoms with Crippen LogP contribution >= 0.6 is 0 Å². The van der Waals surface area contributed by atoms with Gasteiger partial charge in [-0.25, -0.2) is 8.78 Å². The number of aromatic hydroxyl groups is 1. The van der Waals surface area contributed by atoms with Gasteiger partial charge in [0.2, 0.25) is 0 Å². The molecule has 0 amide bonds. The Morgan fingerprint density at radius 3 is 1.90 bits per heavy atom. The van der Waals surface area contributed by atoms with Gasteiger partial charge in [-0.3, -0.25) is 0 Å². The standard InChI is InChI=1S/C13H12F2O.C3H8.C2H6/c1-7(2)10-5-9(16)3-8-4-12(14)13(15)6-11(8)10;1-3-2;1-2/h3-7,16H,1-2H3;3H2,1-2H3;1-2H3. The van der Waals surface area contributed by atoms with Crippen molar-refractivity contribution >= 4 is 10.8 Å². The van der Waals surface area contributed by atoms with E-state index in [1.807, 2.05) is 27.7 Å². The third-order valence-corrected chi connectivity index (χ3v) is 2.63. The molecule has 118 valence electrons. The number of hydrogen-bond acceptors (Lipinski definition) is 1. The first kappa shape index (κ1) is 19.4.